The van der Waals surface area contributed by atoms with Gasteiger partial charge in [-0.25, -0.2) is 0 Å². The van der Waals surface area contributed by atoms with E-state index in [1.54, 1.807) is 0 Å². The first-order valence-electron chi connectivity index (χ1n) is 6.69. The zero-order valence-corrected chi connectivity index (χ0v) is 12.7. The number of hydrogen-bond acceptors (Lipinski definition) is 7. The predicted molar refractivity (Wildman–Crippen MR) is 81.9 cm³/mol. The van der Waals surface area contributed by atoms with Crippen LogP contribution in [0, 0.1) is 6.92 Å². The number of thioether (sulfide) groups is 1. The molecular formula is C14H20N2O4S. The summed E-state index contributed by atoms with van der Waals surface area (Å²) in [6, 6.07) is 7.79. The SMILES string of the molecule is Cc1ccc(C2=NN[C@@H]([C@H](O)[C@H](O)[C@H](O)[C@@H](C)O)S2)cc1. The third kappa shape index (κ3) is 3.75. The molecule has 0 saturated carbocycles. The van der Waals surface area contributed by atoms with Gasteiger partial charge in [0.05, 0.1) is 6.10 Å². The molecule has 1 heterocycles. The van der Waals surface area contributed by atoms with Gasteiger partial charge in [-0.3, -0.25) is 5.43 Å². The molecular weight excluding hydrogens is 292 g/mol. The minimum Gasteiger partial charge on any atom is -0.391 e. The van der Waals surface area contributed by atoms with Crippen molar-refractivity contribution in [1.82, 2.24) is 5.43 Å². The molecule has 0 radical (unpaired) electrons. The number of nitrogens with one attached hydrogen (secondary N) is 1. The van der Waals surface area contributed by atoms with Gasteiger partial charge in [-0.15, -0.1) is 0 Å². The Hall–Kier alpha value is -1.12. The number of aliphatic hydroxyl groups is 4. The molecule has 21 heavy (non-hydrogen) atoms. The summed E-state index contributed by atoms with van der Waals surface area (Å²) in [5.41, 5.74) is 4.80. The van der Waals surface area contributed by atoms with E-state index in [9.17, 15) is 20.4 Å². The summed E-state index contributed by atoms with van der Waals surface area (Å²) in [5, 5.41) is 43.0. The van der Waals surface area contributed by atoms with Crippen molar-refractivity contribution in [3.8, 4) is 0 Å². The molecule has 1 aliphatic rings. The van der Waals surface area contributed by atoms with Crippen LogP contribution in [0.4, 0.5) is 0 Å². The van der Waals surface area contributed by atoms with E-state index < -0.39 is 29.8 Å². The van der Waals surface area contributed by atoms with Gasteiger partial charge in [0.2, 0.25) is 0 Å². The van der Waals surface area contributed by atoms with E-state index in [1.165, 1.54) is 18.7 Å². The van der Waals surface area contributed by atoms with Crippen LogP contribution in [0.2, 0.25) is 0 Å². The lowest BCUT2D eigenvalue weighted by Gasteiger charge is -2.27. The zero-order valence-electron chi connectivity index (χ0n) is 11.8. The number of aliphatic hydroxyl groups excluding tert-OH is 4. The second kappa shape index (κ2) is 6.76. The average Bonchev–Trinajstić information content (AvgIpc) is 2.95. The molecule has 0 spiro atoms. The molecule has 0 amide bonds. The van der Waals surface area contributed by atoms with Crippen LogP contribution in [0.5, 0.6) is 0 Å². The minimum atomic E-state index is -1.46. The zero-order chi connectivity index (χ0) is 15.6. The van der Waals surface area contributed by atoms with Crippen molar-refractivity contribution in [1.29, 1.82) is 0 Å². The van der Waals surface area contributed by atoms with E-state index in [0.717, 1.165) is 11.1 Å². The molecule has 0 bridgehead atoms. The fourth-order valence-electron chi connectivity index (χ4n) is 1.94. The van der Waals surface area contributed by atoms with Crippen LogP contribution in [0.3, 0.4) is 0 Å². The fraction of sp³-hybridized carbons (Fsp3) is 0.500. The standard InChI is InChI=1S/C14H20N2O4S/c1-7-3-5-9(6-4-7)13-15-16-14(21-13)12(20)11(19)10(18)8(2)17/h3-6,8,10-12,14,16-20H,1-2H3/t8-,10-,11-,12-,14-/m1/s1. The monoisotopic (exact) mass is 312 g/mol. The third-order valence-corrected chi connectivity index (χ3v) is 4.52. The highest BCUT2D eigenvalue weighted by molar-refractivity contribution is 8.15. The number of hydrazone groups is 1. The Morgan fingerprint density at radius 3 is 2.29 bits per heavy atom. The van der Waals surface area contributed by atoms with Gasteiger partial charge >= 0.3 is 0 Å². The first kappa shape index (κ1) is 16.3. The first-order chi connectivity index (χ1) is 9.90. The lowest BCUT2D eigenvalue weighted by molar-refractivity contribution is -0.101. The number of hydrogen-bond donors (Lipinski definition) is 5. The quantitative estimate of drug-likeness (QED) is 0.515. The van der Waals surface area contributed by atoms with E-state index in [2.05, 4.69) is 10.5 Å². The summed E-state index contributed by atoms with van der Waals surface area (Å²) in [7, 11) is 0. The minimum absolute atomic E-state index is 0.579. The van der Waals surface area contributed by atoms with Crippen molar-refractivity contribution in [3.63, 3.8) is 0 Å². The molecule has 5 N–H and O–H groups in total. The highest BCUT2D eigenvalue weighted by Gasteiger charge is 2.36. The Balaban J connectivity index is 1.99. The number of nitrogens with zero attached hydrogens (tertiary/aromatic N) is 1. The van der Waals surface area contributed by atoms with Gasteiger partial charge in [0.25, 0.3) is 0 Å². The van der Waals surface area contributed by atoms with E-state index in [1.807, 2.05) is 31.2 Å². The van der Waals surface area contributed by atoms with Crippen molar-refractivity contribution in [2.24, 2.45) is 5.10 Å². The number of aryl methyl sites for hydroxylation is 1. The average molecular weight is 312 g/mol. The molecule has 6 nitrogen and oxygen atoms in total. The summed E-state index contributed by atoms with van der Waals surface area (Å²) >= 11 is 1.27. The molecule has 0 aliphatic carbocycles. The molecule has 0 saturated heterocycles. The van der Waals surface area contributed by atoms with Gasteiger partial charge in [-0.1, -0.05) is 41.6 Å². The van der Waals surface area contributed by atoms with Gasteiger partial charge in [-0.2, -0.15) is 5.10 Å². The molecule has 1 aromatic rings. The second-order valence-electron chi connectivity index (χ2n) is 5.16. The van der Waals surface area contributed by atoms with E-state index in [-0.39, 0.29) is 0 Å². The van der Waals surface area contributed by atoms with Crippen LogP contribution in [0.25, 0.3) is 0 Å². The van der Waals surface area contributed by atoms with Gasteiger partial charge in [0, 0.05) is 5.56 Å². The molecule has 5 atom stereocenters. The van der Waals surface area contributed by atoms with Crippen molar-refractivity contribution < 1.29 is 20.4 Å². The van der Waals surface area contributed by atoms with E-state index in [4.69, 9.17) is 0 Å². The summed E-state index contributed by atoms with van der Waals surface area (Å²) in [4.78, 5) is 0. The Bertz CT molecular complexity index is 506. The van der Waals surface area contributed by atoms with Crippen LogP contribution < -0.4 is 5.43 Å². The highest BCUT2D eigenvalue weighted by Crippen LogP contribution is 2.27. The lowest BCUT2D eigenvalue weighted by Crippen LogP contribution is -2.49. The van der Waals surface area contributed by atoms with Gasteiger partial charge < -0.3 is 20.4 Å². The highest BCUT2D eigenvalue weighted by atomic mass is 32.2. The molecule has 1 aliphatic heterocycles. The van der Waals surface area contributed by atoms with Gasteiger partial charge in [0.15, 0.2) is 0 Å². The van der Waals surface area contributed by atoms with Crippen molar-refractivity contribution >= 4 is 16.8 Å². The van der Waals surface area contributed by atoms with Crippen LogP contribution in [-0.2, 0) is 0 Å². The molecule has 2 rings (SSSR count). The summed E-state index contributed by atoms with van der Waals surface area (Å²) < 4.78 is 0. The van der Waals surface area contributed by atoms with Crippen LogP contribution in [0.15, 0.2) is 29.4 Å². The van der Waals surface area contributed by atoms with Gasteiger partial charge in [0.1, 0.15) is 28.7 Å². The molecule has 0 unspecified atom stereocenters. The topological polar surface area (TPSA) is 105 Å². The van der Waals surface area contributed by atoms with Crippen LogP contribution >= 0.6 is 11.8 Å². The predicted octanol–water partition coefficient (Wildman–Crippen LogP) is -0.217. The second-order valence-corrected chi connectivity index (χ2v) is 6.29. The smallest absolute Gasteiger partial charge is 0.125 e. The van der Waals surface area contributed by atoms with Crippen molar-refractivity contribution in [3.05, 3.63) is 35.4 Å². The third-order valence-electron chi connectivity index (χ3n) is 3.33. The molecule has 1 aromatic carbocycles. The van der Waals surface area contributed by atoms with E-state index in [0.29, 0.717) is 5.04 Å². The normalized spacial score (nSPS) is 23.9. The Morgan fingerprint density at radius 1 is 1.10 bits per heavy atom. The molecule has 0 fully saturated rings. The Kier molecular flexibility index (Phi) is 5.23. The lowest BCUT2D eigenvalue weighted by atomic mass is 10.0. The molecule has 7 heteroatoms. The first-order valence-corrected chi connectivity index (χ1v) is 7.57. The van der Waals surface area contributed by atoms with Crippen molar-refractivity contribution in [2.75, 3.05) is 0 Å². The van der Waals surface area contributed by atoms with Crippen LogP contribution in [-0.4, -0.2) is 55.3 Å². The maximum Gasteiger partial charge on any atom is 0.125 e. The summed E-state index contributed by atoms with van der Waals surface area (Å²) in [5.74, 6) is 0. The largest absolute Gasteiger partial charge is 0.391 e. The number of benzene rings is 1. The fourth-order valence-corrected chi connectivity index (χ4v) is 2.96. The number of rotatable bonds is 5. The van der Waals surface area contributed by atoms with E-state index >= 15 is 0 Å². The van der Waals surface area contributed by atoms with Gasteiger partial charge in [-0.05, 0) is 13.8 Å². The molecule has 116 valence electrons. The molecule has 0 aromatic heterocycles. The Labute approximate surface area is 127 Å². The Morgan fingerprint density at radius 2 is 1.71 bits per heavy atom. The maximum atomic E-state index is 10.1. The van der Waals surface area contributed by atoms with Crippen molar-refractivity contribution in [2.45, 2.75) is 43.6 Å². The van der Waals surface area contributed by atoms with Crippen LogP contribution in [0.1, 0.15) is 18.1 Å². The maximum absolute atomic E-state index is 10.1. The summed E-state index contributed by atoms with van der Waals surface area (Å²) in [6.45, 7) is 3.34. The summed E-state index contributed by atoms with van der Waals surface area (Å²) in [6.07, 6.45) is -5.25.